The number of hydrogen-bond acceptors (Lipinski definition) is 2. The molecule has 1 aromatic rings. The lowest BCUT2D eigenvalue weighted by Gasteiger charge is -2.33. The number of aryl methyl sites for hydroxylation is 1. The highest BCUT2D eigenvalue weighted by atomic mass is 15.3. The Bertz CT molecular complexity index is 398. The molecule has 0 bridgehead atoms. The molecule has 1 atom stereocenters. The van der Waals surface area contributed by atoms with Gasteiger partial charge in [-0.15, -0.1) is 0 Å². The molecule has 1 unspecified atom stereocenters. The Kier molecular flexibility index (Phi) is 5.89. The van der Waals surface area contributed by atoms with Gasteiger partial charge in [-0.05, 0) is 38.2 Å². The molecule has 112 valence electrons. The Hall–Kier alpha value is -1.52. The van der Waals surface area contributed by atoms with Crippen molar-refractivity contribution in [3.8, 4) is 0 Å². The number of rotatable bonds is 5. The summed E-state index contributed by atoms with van der Waals surface area (Å²) in [6.07, 6.45) is 7.47. The molecule has 20 heavy (non-hydrogen) atoms. The van der Waals surface area contributed by atoms with E-state index in [1.165, 1.54) is 12.8 Å². The number of hydrogen-bond donors (Lipinski definition) is 1. The maximum atomic E-state index is 4.76. The first-order chi connectivity index (χ1) is 9.79. The van der Waals surface area contributed by atoms with Crippen molar-refractivity contribution in [3.05, 3.63) is 18.5 Å². The van der Waals surface area contributed by atoms with E-state index in [2.05, 4.69) is 29.2 Å². The van der Waals surface area contributed by atoms with Crippen LogP contribution < -0.4 is 5.32 Å². The monoisotopic (exact) mass is 277 g/mol. The average molecular weight is 277 g/mol. The second-order valence-corrected chi connectivity index (χ2v) is 5.55. The van der Waals surface area contributed by atoms with E-state index in [1.54, 1.807) is 0 Å². The standard InChI is InChI=1S/C15H27N5/c1-3-16-15(19-10-4-7-14(2)13-19)17-8-5-11-20-12-6-9-18-20/h6,9,12,14H,3-5,7-8,10-11,13H2,1-2H3,(H,16,17). The number of piperidine rings is 1. The van der Waals surface area contributed by atoms with Crippen LogP contribution in [-0.2, 0) is 6.54 Å². The molecule has 0 saturated carbocycles. The molecule has 1 aliphatic heterocycles. The first-order valence-corrected chi connectivity index (χ1v) is 7.80. The summed E-state index contributed by atoms with van der Waals surface area (Å²) in [6.45, 7) is 9.45. The quantitative estimate of drug-likeness (QED) is 0.508. The van der Waals surface area contributed by atoms with E-state index < -0.39 is 0 Å². The zero-order valence-electron chi connectivity index (χ0n) is 12.8. The first kappa shape index (κ1) is 14.9. The Morgan fingerprint density at radius 3 is 3.10 bits per heavy atom. The molecule has 0 amide bonds. The molecule has 0 aromatic carbocycles. The number of nitrogens with zero attached hydrogens (tertiary/aromatic N) is 4. The van der Waals surface area contributed by atoms with Crippen LogP contribution in [0.2, 0.25) is 0 Å². The minimum Gasteiger partial charge on any atom is -0.357 e. The van der Waals surface area contributed by atoms with Gasteiger partial charge in [0.15, 0.2) is 5.96 Å². The lowest BCUT2D eigenvalue weighted by molar-refractivity contribution is 0.266. The van der Waals surface area contributed by atoms with Gasteiger partial charge < -0.3 is 10.2 Å². The Labute approximate surface area is 122 Å². The Morgan fingerprint density at radius 1 is 1.50 bits per heavy atom. The van der Waals surface area contributed by atoms with Gasteiger partial charge in [0.1, 0.15) is 0 Å². The lowest BCUT2D eigenvalue weighted by atomic mass is 10.0. The van der Waals surface area contributed by atoms with Crippen LogP contribution in [0.4, 0.5) is 0 Å². The summed E-state index contributed by atoms with van der Waals surface area (Å²) in [6, 6.07) is 1.96. The highest BCUT2D eigenvalue weighted by Crippen LogP contribution is 2.15. The smallest absolute Gasteiger partial charge is 0.193 e. The molecular weight excluding hydrogens is 250 g/mol. The van der Waals surface area contributed by atoms with E-state index in [1.807, 2.05) is 23.1 Å². The number of aromatic nitrogens is 2. The van der Waals surface area contributed by atoms with Crippen molar-refractivity contribution in [2.45, 2.75) is 39.7 Å². The van der Waals surface area contributed by atoms with E-state index in [9.17, 15) is 0 Å². The fourth-order valence-electron chi connectivity index (χ4n) is 2.66. The summed E-state index contributed by atoms with van der Waals surface area (Å²) in [4.78, 5) is 7.17. The highest BCUT2D eigenvalue weighted by molar-refractivity contribution is 5.80. The number of aliphatic imine (C=N–C) groups is 1. The van der Waals surface area contributed by atoms with Crippen molar-refractivity contribution in [2.75, 3.05) is 26.2 Å². The van der Waals surface area contributed by atoms with Crippen molar-refractivity contribution in [1.29, 1.82) is 0 Å². The maximum absolute atomic E-state index is 4.76. The zero-order valence-corrected chi connectivity index (χ0v) is 12.8. The van der Waals surface area contributed by atoms with Gasteiger partial charge in [-0.1, -0.05) is 6.92 Å². The number of likely N-dealkylation sites (tertiary alicyclic amines) is 1. The fraction of sp³-hybridized carbons (Fsp3) is 0.733. The van der Waals surface area contributed by atoms with E-state index in [-0.39, 0.29) is 0 Å². The Morgan fingerprint density at radius 2 is 2.40 bits per heavy atom. The summed E-state index contributed by atoms with van der Waals surface area (Å²) in [5.41, 5.74) is 0. The summed E-state index contributed by atoms with van der Waals surface area (Å²) < 4.78 is 1.96. The molecule has 5 heteroatoms. The van der Waals surface area contributed by atoms with Crippen LogP contribution in [0, 0.1) is 5.92 Å². The van der Waals surface area contributed by atoms with Gasteiger partial charge in [-0.3, -0.25) is 9.67 Å². The van der Waals surface area contributed by atoms with Crippen LogP contribution in [0.5, 0.6) is 0 Å². The van der Waals surface area contributed by atoms with Crippen LogP contribution in [0.15, 0.2) is 23.5 Å². The van der Waals surface area contributed by atoms with Crippen LogP contribution in [0.25, 0.3) is 0 Å². The topological polar surface area (TPSA) is 45.5 Å². The zero-order chi connectivity index (χ0) is 14.2. The van der Waals surface area contributed by atoms with E-state index in [0.29, 0.717) is 0 Å². The normalized spacial score (nSPS) is 20.2. The summed E-state index contributed by atoms with van der Waals surface area (Å²) in [5.74, 6) is 1.86. The Balaban J connectivity index is 1.81. The van der Waals surface area contributed by atoms with Gasteiger partial charge in [0.25, 0.3) is 0 Å². The van der Waals surface area contributed by atoms with Crippen LogP contribution in [-0.4, -0.2) is 46.8 Å². The molecule has 0 aliphatic carbocycles. The lowest BCUT2D eigenvalue weighted by Crippen LogP contribution is -2.46. The summed E-state index contributed by atoms with van der Waals surface area (Å²) >= 11 is 0. The molecule has 2 heterocycles. The SMILES string of the molecule is CCNC(=NCCCn1cccn1)N1CCCC(C)C1. The van der Waals surface area contributed by atoms with Crippen molar-refractivity contribution < 1.29 is 0 Å². The number of nitrogens with one attached hydrogen (secondary N) is 1. The molecular formula is C15H27N5. The largest absolute Gasteiger partial charge is 0.357 e. The van der Waals surface area contributed by atoms with E-state index in [0.717, 1.165) is 51.0 Å². The molecule has 1 aromatic heterocycles. The molecule has 1 aliphatic rings. The summed E-state index contributed by atoms with van der Waals surface area (Å²) in [7, 11) is 0. The predicted octanol–water partition coefficient (Wildman–Crippen LogP) is 1.97. The maximum Gasteiger partial charge on any atom is 0.193 e. The van der Waals surface area contributed by atoms with E-state index >= 15 is 0 Å². The van der Waals surface area contributed by atoms with Gasteiger partial charge in [0, 0.05) is 45.1 Å². The molecule has 2 rings (SSSR count). The van der Waals surface area contributed by atoms with Gasteiger partial charge >= 0.3 is 0 Å². The molecule has 0 spiro atoms. The minimum atomic E-state index is 0.775. The molecule has 1 saturated heterocycles. The minimum absolute atomic E-state index is 0.775. The second kappa shape index (κ2) is 7.92. The average Bonchev–Trinajstić information content (AvgIpc) is 2.95. The van der Waals surface area contributed by atoms with Crippen molar-refractivity contribution in [3.63, 3.8) is 0 Å². The third-order valence-corrected chi connectivity index (χ3v) is 3.66. The van der Waals surface area contributed by atoms with Crippen molar-refractivity contribution >= 4 is 5.96 Å². The van der Waals surface area contributed by atoms with Crippen LogP contribution >= 0.6 is 0 Å². The molecule has 1 N–H and O–H groups in total. The van der Waals surface area contributed by atoms with Crippen molar-refractivity contribution in [1.82, 2.24) is 20.0 Å². The summed E-state index contributed by atoms with van der Waals surface area (Å²) in [5, 5.41) is 7.63. The van der Waals surface area contributed by atoms with Crippen LogP contribution in [0.3, 0.4) is 0 Å². The number of guanidine groups is 1. The van der Waals surface area contributed by atoms with Gasteiger partial charge in [0.2, 0.25) is 0 Å². The third-order valence-electron chi connectivity index (χ3n) is 3.66. The highest BCUT2D eigenvalue weighted by Gasteiger charge is 2.18. The fourth-order valence-corrected chi connectivity index (χ4v) is 2.66. The van der Waals surface area contributed by atoms with Crippen LogP contribution in [0.1, 0.15) is 33.1 Å². The molecule has 5 nitrogen and oxygen atoms in total. The van der Waals surface area contributed by atoms with Gasteiger partial charge in [-0.2, -0.15) is 5.10 Å². The third kappa shape index (κ3) is 4.54. The van der Waals surface area contributed by atoms with Gasteiger partial charge in [0.05, 0.1) is 0 Å². The second-order valence-electron chi connectivity index (χ2n) is 5.55. The molecule has 1 fully saturated rings. The van der Waals surface area contributed by atoms with Crippen molar-refractivity contribution in [2.24, 2.45) is 10.9 Å². The van der Waals surface area contributed by atoms with Gasteiger partial charge in [-0.25, -0.2) is 0 Å². The first-order valence-electron chi connectivity index (χ1n) is 7.80. The van der Waals surface area contributed by atoms with E-state index in [4.69, 9.17) is 4.99 Å². The predicted molar refractivity (Wildman–Crippen MR) is 82.8 cm³/mol. The molecule has 0 radical (unpaired) electrons.